The number of carbonyl (C=O) groups is 1. The van der Waals surface area contributed by atoms with E-state index in [-0.39, 0.29) is 17.6 Å². The second-order valence-electron chi connectivity index (χ2n) is 6.00. The van der Waals surface area contributed by atoms with Crippen LogP contribution in [0.5, 0.6) is 0 Å². The lowest BCUT2D eigenvalue weighted by Gasteiger charge is -2.35. The maximum Gasteiger partial charge on any atom is 0.259 e. The maximum absolute atomic E-state index is 12.3. The summed E-state index contributed by atoms with van der Waals surface area (Å²) in [4.78, 5) is 35.3. The van der Waals surface area contributed by atoms with Gasteiger partial charge in [-0.15, -0.1) is 11.3 Å². The number of aromatic amines is 1. The number of β-amino-alcohol motifs (C(OH)–C–C–N with tert-alkyl or cyclic N) is 1. The van der Waals surface area contributed by atoms with Gasteiger partial charge in [-0.25, -0.2) is 4.98 Å². The van der Waals surface area contributed by atoms with Crippen molar-refractivity contribution in [3.63, 3.8) is 0 Å². The van der Waals surface area contributed by atoms with Gasteiger partial charge in [0.25, 0.3) is 5.56 Å². The van der Waals surface area contributed by atoms with E-state index in [4.69, 9.17) is 0 Å². The Labute approximate surface area is 130 Å². The third-order valence-corrected chi connectivity index (χ3v) is 5.60. The zero-order chi connectivity index (χ0) is 15.3. The molecule has 2 N–H and O–H groups in total. The molecular weight excluding hydrogens is 302 g/mol. The van der Waals surface area contributed by atoms with Gasteiger partial charge >= 0.3 is 0 Å². The average molecular weight is 319 g/mol. The Kier molecular flexibility index (Phi) is 3.27. The number of carbonyl (C=O) groups excluding carboxylic acids is 1. The highest BCUT2D eigenvalue weighted by Crippen LogP contribution is 2.34. The van der Waals surface area contributed by atoms with Gasteiger partial charge in [0.1, 0.15) is 10.7 Å². The van der Waals surface area contributed by atoms with E-state index in [1.54, 1.807) is 16.2 Å². The lowest BCUT2D eigenvalue weighted by molar-refractivity contribution is -0.141. The van der Waals surface area contributed by atoms with Crippen molar-refractivity contribution in [2.75, 3.05) is 13.1 Å². The highest BCUT2D eigenvalue weighted by Gasteiger charge is 2.28. The van der Waals surface area contributed by atoms with Gasteiger partial charge in [0, 0.05) is 30.8 Å². The molecule has 0 aromatic carbocycles. The predicted octanol–water partition coefficient (Wildman–Crippen LogP) is 0.609. The van der Waals surface area contributed by atoms with E-state index in [0.717, 1.165) is 29.5 Å². The molecule has 116 valence electrons. The minimum Gasteiger partial charge on any atom is -0.389 e. The largest absolute Gasteiger partial charge is 0.389 e. The number of aliphatic hydroxyl groups excluding tert-OH is 1. The number of aromatic nitrogens is 2. The summed E-state index contributed by atoms with van der Waals surface area (Å²) < 4.78 is 0. The second-order valence-corrected chi connectivity index (χ2v) is 7.09. The van der Waals surface area contributed by atoms with Crippen molar-refractivity contribution in [2.24, 2.45) is 0 Å². The number of hydrogen-bond acceptors (Lipinski definition) is 5. The first-order chi connectivity index (χ1) is 10.6. The molecule has 0 saturated carbocycles. The molecule has 1 fully saturated rings. The molecule has 1 saturated heterocycles. The topological polar surface area (TPSA) is 86.3 Å². The third-order valence-electron chi connectivity index (χ3n) is 4.41. The Morgan fingerprint density at radius 2 is 2.23 bits per heavy atom. The van der Waals surface area contributed by atoms with Crippen LogP contribution in [0.3, 0.4) is 0 Å². The Morgan fingerprint density at radius 1 is 1.41 bits per heavy atom. The molecule has 1 aliphatic carbocycles. The molecular formula is C15H17N3O3S. The fourth-order valence-electron chi connectivity index (χ4n) is 3.21. The minimum atomic E-state index is -0.383. The summed E-state index contributed by atoms with van der Waals surface area (Å²) in [5.41, 5.74) is 1.09. The summed E-state index contributed by atoms with van der Waals surface area (Å²) >= 11 is 1.61. The van der Waals surface area contributed by atoms with E-state index in [0.29, 0.717) is 31.8 Å². The Bertz CT molecular complexity index is 804. The van der Waals surface area contributed by atoms with Crippen molar-refractivity contribution in [3.8, 4) is 0 Å². The number of likely N-dealkylation sites (tertiary alicyclic amines) is 1. The van der Waals surface area contributed by atoms with E-state index in [9.17, 15) is 14.7 Å². The average Bonchev–Trinajstić information content (AvgIpc) is 3.01. The van der Waals surface area contributed by atoms with Crippen LogP contribution in [0.15, 0.2) is 4.79 Å². The van der Waals surface area contributed by atoms with Crippen LogP contribution in [-0.2, 0) is 24.1 Å². The Hall–Kier alpha value is -1.73. The zero-order valence-electron chi connectivity index (χ0n) is 12.1. The highest BCUT2D eigenvalue weighted by molar-refractivity contribution is 7.18. The number of hydrogen-bond donors (Lipinski definition) is 2. The Balaban J connectivity index is 1.53. The number of aliphatic hydroxyl groups is 1. The lowest BCUT2D eigenvalue weighted by atomic mass is 10.1. The molecule has 22 heavy (non-hydrogen) atoms. The molecule has 0 radical (unpaired) electrons. The quantitative estimate of drug-likeness (QED) is 0.868. The molecule has 4 rings (SSSR count). The van der Waals surface area contributed by atoms with Gasteiger partial charge in [-0.2, -0.15) is 0 Å². The first kappa shape index (κ1) is 13.9. The standard InChI is InChI=1S/C15H17N3O3S/c19-8-6-18(7-8)12(20)5-4-11-16-14(21)13-9-2-1-3-10(9)22-15(13)17-11/h8,19H,1-7H2,(H,16,17,21). The maximum atomic E-state index is 12.3. The van der Waals surface area contributed by atoms with Crippen molar-refractivity contribution < 1.29 is 9.90 Å². The monoisotopic (exact) mass is 319 g/mol. The molecule has 0 atom stereocenters. The molecule has 3 heterocycles. The molecule has 0 unspecified atom stereocenters. The van der Waals surface area contributed by atoms with Gasteiger partial charge in [-0.05, 0) is 24.8 Å². The van der Waals surface area contributed by atoms with Gasteiger partial charge < -0.3 is 15.0 Å². The minimum absolute atomic E-state index is 0.00159. The summed E-state index contributed by atoms with van der Waals surface area (Å²) in [6, 6.07) is 0. The number of fused-ring (bicyclic) bond motifs is 3. The summed E-state index contributed by atoms with van der Waals surface area (Å²) in [6.45, 7) is 0.832. The fourth-order valence-corrected chi connectivity index (χ4v) is 4.49. The summed E-state index contributed by atoms with van der Waals surface area (Å²) in [7, 11) is 0. The van der Waals surface area contributed by atoms with Gasteiger partial charge in [0.2, 0.25) is 5.91 Å². The van der Waals surface area contributed by atoms with E-state index in [1.807, 2.05) is 0 Å². The van der Waals surface area contributed by atoms with Crippen LogP contribution < -0.4 is 5.56 Å². The van der Waals surface area contributed by atoms with E-state index in [2.05, 4.69) is 9.97 Å². The molecule has 2 aromatic rings. The molecule has 0 spiro atoms. The number of H-pyrrole nitrogens is 1. The van der Waals surface area contributed by atoms with Crippen LogP contribution in [0.4, 0.5) is 0 Å². The molecule has 1 amide bonds. The van der Waals surface area contributed by atoms with Gasteiger partial charge in [0.15, 0.2) is 0 Å². The third kappa shape index (κ3) is 2.24. The van der Waals surface area contributed by atoms with Crippen LogP contribution in [0.1, 0.15) is 29.1 Å². The summed E-state index contributed by atoms with van der Waals surface area (Å²) in [5, 5.41) is 9.96. The molecule has 0 bridgehead atoms. The van der Waals surface area contributed by atoms with Gasteiger partial charge in [0.05, 0.1) is 11.5 Å². The predicted molar refractivity (Wildman–Crippen MR) is 83.2 cm³/mol. The summed E-state index contributed by atoms with van der Waals surface area (Å²) in [6.07, 6.45) is 3.49. The van der Waals surface area contributed by atoms with Crippen molar-refractivity contribution in [2.45, 2.75) is 38.2 Å². The van der Waals surface area contributed by atoms with E-state index < -0.39 is 0 Å². The van der Waals surface area contributed by atoms with Crippen molar-refractivity contribution in [1.29, 1.82) is 0 Å². The number of amides is 1. The molecule has 1 aliphatic heterocycles. The first-order valence-electron chi connectivity index (χ1n) is 7.61. The number of nitrogens with zero attached hydrogens (tertiary/aromatic N) is 2. The van der Waals surface area contributed by atoms with Crippen LogP contribution in [0, 0.1) is 0 Å². The van der Waals surface area contributed by atoms with Crippen molar-refractivity contribution in [3.05, 3.63) is 26.6 Å². The lowest BCUT2D eigenvalue weighted by Crippen LogP contribution is -2.53. The normalized spacial score (nSPS) is 17.8. The van der Waals surface area contributed by atoms with Crippen molar-refractivity contribution >= 4 is 27.5 Å². The van der Waals surface area contributed by atoms with Crippen LogP contribution >= 0.6 is 11.3 Å². The molecule has 7 heteroatoms. The number of rotatable bonds is 3. The number of aryl methyl sites for hydroxylation is 3. The smallest absolute Gasteiger partial charge is 0.259 e. The SMILES string of the molecule is O=C(CCc1nc2sc3c(c2c(=O)[nH]1)CCC3)N1CC(O)C1. The zero-order valence-corrected chi connectivity index (χ0v) is 12.9. The highest BCUT2D eigenvalue weighted by atomic mass is 32.1. The van der Waals surface area contributed by atoms with E-state index in [1.165, 1.54) is 10.4 Å². The number of thiophene rings is 1. The van der Waals surface area contributed by atoms with Crippen molar-refractivity contribution in [1.82, 2.24) is 14.9 Å². The first-order valence-corrected chi connectivity index (χ1v) is 8.43. The van der Waals surface area contributed by atoms with Gasteiger partial charge in [-0.1, -0.05) is 0 Å². The number of nitrogens with one attached hydrogen (secondary N) is 1. The van der Waals surface area contributed by atoms with Crippen LogP contribution in [0.2, 0.25) is 0 Å². The van der Waals surface area contributed by atoms with Gasteiger partial charge in [-0.3, -0.25) is 9.59 Å². The molecule has 2 aromatic heterocycles. The van der Waals surface area contributed by atoms with Crippen LogP contribution in [0.25, 0.3) is 10.2 Å². The molecule has 2 aliphatic rings. The van der Waals surface area contributed by atoms with Crippen LogP contribution in [-0.4, -0.2) is 45.1 Å². The molecule has 6 nitrogen and oxygen atoms in total. The Morgan fingerprint density at radius 3 is 3.00 bits per heavy atom. The fraction of sp³-hybridized carbons (Fsp3) is 0.533. The second kappa shape index (κ2) is 5.17. The van der Waals surface area contributed by atoms with E-state index >= 15 is 0 Å². The summed E-state index contributed by atoms with van der Waals surface area (Å²) in [5.74, 6) is 0.577.